The lowest BCUT2D eigenvalue weighted by molar-refractivity contribution is -0.129. The molecule has 3 atom stereocenters. The maximum atomic E-state index is 11.9. The van der Waals surface area contributed by atoms with Gasteiger partial charge in [0.1, 0.15) is 6.10 Å². The van der Waals surface area contributed by atoms with Gasteiger partial charge in [0.15, 0.2) is 0 Å². The van der Waals surface area contributed by atoms with Gasteiger partial charge in [0, 0.05) is 25.0 Å². The van der Waals surface area contributed by atoms with Crippen molar-refractivity contribution in [3.8, 4) is 0 Å². The highest BCUT2D eigenvalue weighted by Gasteiger charge is 2.29. The van der Waals surface area contributed by atoms with Crippen LogP contribution in [-0.4, -0.2) is 35.7 Å². The molecule has 0 bridgehead atoms. The number of carbonyl (C=O) groups excluding carboxylic acids is 1. The van der Waals surface area contributed by atoms with Crippen LogP contribution in [0.5, 0.6) is 0 Å². The predicted molar refractivity (Wildman–Crippen MR) is 82.5 cm³/mol. The summed E-state index contributed by atoms with van der Waals surface area (Å²) < 4.78 is 0. The molecule has 1 amide bonds. The standard InChI is InChI=1S/C16H25N3O2/c1-11-14(12(2)19-18-11)8-9-17-16(21)15(20)10-13-6-4-3-5-7-13/h3-7,11-12,14-15,18-20H,8-10H2,1-2H3,(H,17,21)/t11?,12?,14?,15-/m0/s1. The van der Waals surface area contributed by atoms with Gasteiger partial charge in [-0.1, -0.05) is 30.3 Å². The molecule has 0 aliphatic carbocycles. The van der Waals surface area contributed by atoms with Crippen molar-refractivity contribution in [2.24, 2.45) is 5.92 Å². The molecular formula is C16H25N3O2. The Balaban J connectivity index is 1.71. The van der Waals surface area contributed by atoms with E-state index in [4.69, 9.17) is 0 Å². The highest BCUT2D eigenvalue weighted by molar-refractivity contribution is 5.80. The van der Waals surface area contributed by atoms with Crippen LogP contribution in [0.15, 0.2) is 30.3 Å². The van der Waals surface area contributed by atoms with Crippen LogP contribution in [0.1, 0.15) is 25.8 Å². The number of carbonyl (C=O) groups is 1. The maximum absolute atomic E-state index is 11.9. The van der Waals surface area contributed by atoms with E-state index in [0.29, 0.717) is 31.0 Å². The summed E-state index contributed by atoms with van der Waals surface area (Å²) in [6.45, 7) is 4.86. The van der Waals surface area contributed by atoms with E-state index in [1.165, 1.54) is 0 Å². The van der Waals surface area contributed by atoms with Crippen molar-refractivity contribution >= 4 is 5.91 Å². The summed E-state index contributed by atoms with van der Waals surface area (Å²) in [7, 11) is 0. The predicted octanol–water partition coefficient (Wildman–Crippen LogP) is 0.597. The molecule has 4 N–H and O–H groups in total. The first-order valence-electron chi connectivity index (χ1n) is 7.58. The topological polar surface area (TPSA) is 73.4 Å². The Labute approximate surface area is 126 Å². The molecule has 5 heteroatoms. The molecular weight excluding hydrogens is 266 g/mol. The fourth-order valence-corrected chi connectivity index (χ4v) is 2.82. The SMILES string of the molecule is CC1NNC(C)C1CCNC(=O)[C@@H](O)Cc1ccccc1. The first-order valence-corrected chi connectivity index (χ1v) is 7.58. The first-order chi connectivity index (χ1) is 10.1. The average molecular weight is 291 g/mol. The van der Waals surface area contributed by atoms with Gasteiger partial charge < -0.3 is 10.4 Å². The summed E-state index contributed by atoms with van der Waals surface area (Å²) in [5, 5.41) is 12.8. The smallest absolute Gasteiger partial charge is 0.249 e. The lowest BCUT2D eigenvalue weighted by Gasteiger charge is -2.18. The van der Waals surface area contributed by atoms with Crippen molar-refractivity contribution in [3.05, 3.63) is 35.9 Å². The van der Waals surface area contributed by atoms with E-state index in [2.05, 4.69) is 30.0 Å². The third-order valence-corrected chi connectivity index (χ3v) is 4.17. The molecule has 1 aliphatic rings. The minimum Gasteiger partial charge on any atom is -0.383 e. The van der Waals surface area contributed by atoms with Gasteiger partial charge in [-0.3, -0.25) is 15.6 Å². The van der Waals surface area contributed by atoms with E-state index in [0.717, 1.165) is 12.0 Å². The van der Waals surface area contributed by atoms with Gasteiger partial charge in [-0.05, 0) is 31.7 Å². The molecule has 1 heterocycles. The molecule has 5 nitrogen and oxygen atoms in total. The quantitative estimate of drug-likeness (QED) is 0.619. The largest absolute Gasteiger partial charge is 0.383 e. The number of aliphatic hydroxyl groups is 1. The molecule has 0 spiro atoms. The molecule has 1 aliphatic heterocycles. The lowest BCUT2D eigenvalue weighted by Crippen LogP contribution is -2.38. The van der Waals surface area contributed by atoms with Crippen molar-refractivity contribution in [2.75, 3.05) is 6.54 Å². The Kier molecular flexibility index (Phi) is 5.73. The van der Waals surface area contributed by atoms with E-state index in [1.807, 2.05) is 30.3 Å². The number of benzene rings is 1. The minimum absolute atomic E-state index is 0.293. The van der Waals surface area contributed by atoms with Gasteiger partial charge in [0.25, 0.3) is 0 Å². The van der Waals surface area contributed by atoms with Crippen LogP contribution in [0.4, 0.5) is 0 Å². The zero-order valence-corrected chi connectivity index (χ0v) is 12.7. The highest BCUT2D eigenvalue weighted by Crippen LogP contribution is 2.17. The van der Waals surface area contributed by atoms with Crippen LogP contribution >= 0.6 is 0 Å². The Morgan fingerprint density at radius 1 is 1.24 bits per heavy atom. The second-order valence-corrected chi connectivity index (χ2v) is 5.82. The first kappa shape index (κ1) is 15.9. The number of hydrogen-bond donors (Lipinski definition) is 4. The number of aliphatic hydroxyl groups excluding tert-OH is 1. The maximum Gasteiger partial charge on any atom is 0.249 e. The molecule has 21 heavy (non-hydrogen) atoms. The van der Waals surface area contributed by atoms with Crippen molar-refractivity contribution in [1.82, 2.24) is 16.2 Å². The Morgan fingerprint density at radius 2 is 1.86 bits per heavy atom. The van der Waals surface area contributed by atoms with E-state index in [-0.39, 0.29) is 5.91 Å². The van der Waals surface area contributed by atoms with Crippen molar-refractivity contribution in [3.63, 3.8) is 0 Å². The zero-order valence-electron chi connectivity index (χ0n) is 12.7. The van der Waals surface area contributed by atoms with Gasteiger partial charge in [-0.15, -0.1) is 0 Å². The normalized spacial score (nSPS) is 26.5. The zero-order chi connectivity index (χ0) is 15.2. The number of amides is 1. The summed E-state index contributed by atoms with van der Waals surface area (Å²) in [4.78, 5) is 11.9. The Bertz CT molecular complexity index is 442. The molecule has 0 aromatic heterocycles. The van der Waals surface area contributed by atoms with Crippen LogP contribution in [0.3, 0.4) is 0 Å². The molecule has 116 valence electrons. The van der Waals surface area contributed by atoms with Crippen LogP contribution in [0.25, 0.3) is 0 Å². The van der Waals surface area contributed by atoms with E-state index in [9.17, 15) is 9.90 Å². The summed E-state index contributed by atoms with van der Waals surface area (Å²) in [5.41, 5.74) is 7.37. The van der Waals surface area contributed by atoms with E-state index < -0.39 is 6.10 Å². The van der Waals surface area contributed by atoms with Gasteiger partial charge in [-0.25, -0.2) is 0 Å². The van der Waals surface area contributed by atoms with Gasteiger partial charge >= 0.3 is 0 Å². The molecule has 1 aromatic rings. The number of nitrogens with one attached hydrogen (secondary N) is 3. The molecule has 1 saturated heterocycles. The van der Waals surface area contributed by atoms with Crippen LogP contribution < -0.4 is 16.2 Å². The van der Waals surface area contributed by atoms with E-state index in [1.54, 1.807) is 0 Å². The molecule has 2 unspecified atom stereocenters. The van der Waals surface area contributed by atoms with Crippen LogP contribution in [-0.2, 0) is 11.2 Å². The van der Waals surface area contributed by atoms with Gasteiger partial charge in [0.05, 0.1) is 0 Å². The van der Waals surface area contributed by atoms with Crippen LogP contribution in [0, 0.1) is 5.92 Å². The Hall–Kier alpha value is -1.43. The fraction of sp³-hybridized carbons (Fsp3) is 0.562. The number of hydrazine groups is 1. The molecule has 0 saturated carbocycles. The molecule has 1 aromatic carbocycles. The van der Waals surface area contributed by atoms with Crippen molar-refractivity contribution < 1.29 is 9.90 Å². The fourth-order valence-electron chi connectivity index (χ4n) is 2.82. The highest BCUT2D eigenvalue weighted by atomic mass is 16.3. The number of rotatable bonds is 6. The summed E-state index contributed by atoms with van der Waals surface area (Å²) in [6, 6.07) is 10.3. The summed E-state index contributed by atoms with van der Waals surface area (Å²) >= 11 is 0. The van der Waals surface area contributed by atoms with Gasteiger partial charge in [-0.2, -0.15) is 0 Å². The van der Waals surface area contributed by atoms with Gasteiger partial charge in [0.2, 0.25) is 5.91 Å². The second-order valence-electron chi connectivity index (χ2n) is 5.82. The van der Waals surface area contributed by atoms with E-state index >= 15 is 0 Å². The molecule has 1 fully saturated rings. The average Bonchev–Trinajstić information content (AvgIpc) is 2.80. The summed E-state index contributed by atoms with van der Waals surface area (Å²) in [5.74, 6) is 0.189. The van der Waals surface area contributed by atoms with Crippen molar-refractivity contribution in [2.45, 2.75) is 44.9 Å². The third-order valence-electron chi connectivity index (χ3n) is 4.17. The monoisotopic (exact) mass is 291 g/mol. The lowest BCUT2D eigenvalue weighted by atomic mass is 9.93. The van der Waals surface area contributed by atoms with Crippen LogP contribution in [0.2, 0.25) is 0 Å². The summed E-state index contributed by atoms with van der Waals surface area (Å²) in [6.07, 6.45) is 0.264. The minimum atomic E-state index is -0.984. The Morgan fingerprint density at radius 3 is 2.48 bits per heavy atom. The molecule has 0 radical (unpaired) electrons. The second kappa shape index (κ2) is 7.54. The molecule has 2 rings (SSSR count). The van der Waals surface area contributed by atoms with Crippen molar-refractivity contribution in [1.29, 1.82) is 0 Å². The number of hydrogen-bond acceptors (Lipinski definition) is 4. The third kappa shape index (κ3) is 4.52.